The number of pyridine rings is 1. The third-order valence-corrected chi connectivity index (χ3v) is 12.0. The summed E-state index contributed by atoms with van der Waals surface area (Å²) in [6.45, 7) is 3.11. The van der Waals surface area contributed by atoms with Crippen molar-refractivity contribution in [2.75, 3.05) is 44.0 Å². The van der Waals surface area contributed by atoms with Crippen LogP contribution in [-0.2, 0) is 14.6 Å². The van der Waals surface area contributed by atoms with Gasteiger partial charge in [0.05, 0.1) is 10.1 Å². The molecular weight excluding hydrogens is 600 g/mol. The summed E-state index contributed by atoms with van der Waals surface area (Å²) in [5.41, 5.74) is 3.64. The van der Waals surface area contributed by atoms with Crippen molar-refractivity contribution in [3.63, 3.8) is 0 Å². The SMILES string of the molecule is CN1CCCC(Nc2ccc(Nc3ncc4cc(-c5ccc(S(=O)(=O)C6CCOCC6)cc5)c(=O)n(C5CCCC5)c4n3)cc2)C1. The van der Waals surface area contributed by atoms with Crippen molar-refractivity contribution in [2.45, 2.75) is 73.6 Å². The van der Waals surface area contributed by atoms with Gasteiger partial charge in [-0.2, -0.15) is 4.98 Å². The molecule has 0 bridgehead atoms. The molecule has 0 spiro atoms. The Morgan fingerprint density at radius 3 is 2.33 bits per heavy atom. The summed E-state index contributed by atoms with van der Waals surface area (Å²) in [5.74, 6) is 0.434. The Labute approximate surface area is 270 Å². The van der Waals surface area contributed by atoms with Crippen molar-refractivity contribution in [3.05, 3.63) is 71.1 Å². The molecule has 2 aromatic heterocycles. The molecule has 3 fully saturated rings. The smallest absolute Gasteiger partial charge is 0.260 e. The maximum atomic E-state index is 14.1. The number of likely N-dealkylation sites (tertiary alicyclic amines) is 1. The van der Waals surface area contributed by atoms with E-state index in [0.29, 0.717) is 54.8 Å². The Kier molecular flexibility index (Phi) is 8.80. The lowest BCUT2D eigenvalue weighted by atomic mass is 10.1. The number of anilines is 3. The Morgan fingerprint density at radius 1 is 0.891 bits per heavy atom. The molecule has 7 rings (SSSR count). The predicted octanol–water partition coefficient (Wildman–Crippen LogP) is 5.78. The molecule has 10 nitrogen and oxygen atoms in total. The van der Waals surface area contributed by atoms with Crippen molar-refractivity contribution in [1.82, 2.24) is 19.4 Å². The zero-order valence-electron chi connectivity index (χ0n) is 26.3. The number of fused-ring (bicyclic) bond motifs is 1. The van der Waals surface area contributed by atoms with Crippen LogP contribution in [0, 0.1) is 0 Å². The summed E-state index contributed by atoms with van der Waals surface area (Å²) in [5, 5.41) is 7.30. The topological polar surface area (TPSA) is 118 Å². The number of hydrogen-bond donors (Lipinski definition) is 2. The zero-order valence-corrected chi connectivity index (χ0v) is 27.1. The van der Waals surface area contributed by atoms with E-state index in [1.165, 1.54) is 12.8 Å². The molecule has 4 heterocycles. The summed E-state index contributed by atoms with van der Waals surface area (Å²) in [6.07, 6.45) is 9.09. The first-order valence-corrected chi connectivity index (χ1v) is 18.1. The molecule has 0 radical (unpaired) electrons. The molecule has 2 saturated heterocycles. The van der Waals surface area contributed by atoms with Crippen molar-refractivity contribution >= 4 is 38.2 Å². The van der Waals surface area contributed by atoms with Gasteiger partial charge in [-0.3, -0.25) is 9.36 Å². The van der Waals surface area contributed by atoms with Gasteiger partial charge in [-0.1, -0.05) is 25.0 Å². The van der Waals surface area contributed by atoms with E-state index in [0.717, 1.165) is 55.5 Å². The molecule has 3 aliphatic rings. The highest BCUT2D eigenvalue weighted by atomic mass is 32.2. The van der Waals surface area contributed by atoms with E-state index in [1.807, 2.05) is 22.8 Å². The minimum Gasteiger partial charge on any atom is -0.381 e. The highest BCUT2D eigenvalue weighted by molar-refractivity contribution is 7.92. The monoisotopic (exact) mass is 642 g/mol. The Morgan fingerprint density at radius 2 is 1.61 bits per heavy atom. The van der Waals surface area contributed by atoms with E-state index < -0.39 is 15.1 Å². The van der Waals surface area contributed by atoms with Crippen LogP contribution in [0.5, 0.6) is 0 Å². The lowest BCUT2D eigenvalue weighted by molar-refractivity contribution is 0.0983. The average Bonchev–Trinajstić information content (AvgIpc) is 3.61. The van der Waals surface area contributed by atoms with Crippen LogP contribution < -0.4 is 16.2 Å². The molecule has 1 unspecified atom stereocenters. The first-order valence-electron chi connectivity index (χ1n) is 16.5. The van der Waals surface area contributed by atoms with Crippen molar-refractivity contribution in [2.24, 2.45) is 0 Å². The first kappa shape index (κ1) is 30.8. The minimum absolute atomic E-state index is 0.0510. The van der Waals surface area contributed by atoms with E-state index in [9.17, 15) is 13.2 Å². The van der Waals surface area contributed by atoms with Crippen molar-refractivity contribution < 1.29 is 13.2 Å². The van der Waals surface area contributed by atoms with Crippen molar-refractivity contribution in [1.29, 1.82) is 0 Å². The molecule has 242 valence electrons. The van der Waals surface area contributed by atoms with Crippen LogP contribution in [-0.4, -0.2) is 72.5 Å². The molecule has 2 N–H and O–H groups in total. The standard InChI is InChI=1S/C35H42N6O4S/c1-40-18-4-5-28(23-40)37-26-10-12-27(13-11-26)38-35-36-22-25-21-32(34(42)41(33(25)39-35)29-6-2-3-7-29)24-8-14-30(15-9-24)46(43,44)31-16-19-45-20-17-31/h8-15,21-22,28-29,31,37H,2-7,16-20,23H2,1H3,(H,36,38,39). The van der Waals surface area contributed by atoms with Gasteiger partial charge in [0, 0.05) is 60.4 Å². The second-order valence-electron chi connectivity index (χ2n) is 13.0. The highest BCUT2D eigenvalue weighted by Crippen LogP contribution is 2.33. The van der Waals surface area contributed by atoms with Crippen LogP contribution in [0.15, 0.2) is 70.5 Å². The van der Waals surface area contributed by atoms with E-state index in [2.05, 4.69) is 39.7 Å². The number of benzene rings is 2. The lowest BCUT2D eigenvalue weighted by Crippen LogP contribution is -2.39. The number of likely N-dealkylation sites (N-methyl/N-ethyl adjacent to an activating group) is 1. The molecule has 11 heteroatoms. The van der Waals surface area contributed by atoms with Crippen LogP contribution in [0.3, 0.4) is 0 Å². The summed E-state index contributed by atoms with van der Waals surface area (Å²) in [4.78, 5) is 26.2. The Hall–Kier alpha value is -3.80. The summed E-state index contributed by atoms with van der Waals surface area (Å²) >= 11 is 0. The van der Waals surface area contributed by atoms with Gasteiger partial charge in [-0.05, 0) is 100 Å². The van der Waals surface area contributed by atoms with Crippen LogP contribution in [0.25, 0.3) is 22.2 Å². The van der Waals surface area contributed by atoms with Crippen LogP contribution in [0.1, 0.15) is 57.4 Å². The quantitative estimate of drug-likeness (QED) is 0.247. The second kappa shape index (κ2) is 13.1. The molecule has 1 aliphatic carbocycles. The van der Waals surface area contributed by atoms with Crippen LogP contribution in [0.2, 0.25) is 0 Å². The number of piperidine rings is 1. The van der Waals surface area contributed by atoms with Gasteiger partial charge in [-0.15, -0.1) is 0 Å². The fraction of sp³-hybridized carbons (Fsp3) is 0.457. The molecule has 1 saturated carbocycles. The highest BCUT2D eigenvalue weighted by Gasteiger charge is 2.30. The molecule has 46 heavy (non-hydrogen) atoms. The largest absolute Gasteiger partial charge is 0.381 e. The van der Waals surface area contributed by atoms with Gasteiger partial charge in [0.1, 0.15) is 5.65 Å². The van der Waals surface area contributed by atoms with Gasteiger partial charge in [0.15, 0.2) is 9.84 Å². The fourth-order valence-electron chi connectivity index (χ4n) is 7.19. The molecule has 1 atom stereocenters. The number of hydrogen-bond acceptors (Lipinski definition) is 9. The number of nitrogens with one attached hydrogen (secondary N) is 2. The van der Waals surface area contributed by atoms with E-state index in [4.69, 9.17) is 9.72 Å². The summed E-state index contributed by atoms with van der Waals surface area (Å²) in [7, 11) is -1.30. The maximum absolute atomic E-state index is 14.1. The van der Waals surface area contributed by atoms with Crippen LogP contribution >= 0.6 is 0 Å². The maximum Gasteiger partial charge on any atom is 0.260 e. The third kappa shape index (κ3) is 6.41. The Bertz CT molecular complexity index is 1850. The van der Waals surface area contributed by atoms with Gasteiger partial charge < -0.3 is 20.3 Å². The second-order valence-corrected chi connectivity index (χ2v) is 15.2. The molecular formula is C35H42N6O4S. The fourth-order valence-corrected chi connectivity index (χ4v) is 8.90. The van der Waals surface area contributed by atoms with E-state index >= 15 is 0 Å². The molecule has 2 aliphatic heterocycles. The summed E-state index contributed by atoms with van der Waals surface area (Å²) < 4.78 is 33.7. The van der Waals surface area contributed by atoms with Gasteiger partial charge in [-0.25, -0.2) is 13.4 Å². The lowest BCUT2D eigenvalue weighted by Gasteiger charge is -2.30. The predicted molar refractivity (Wildman–Crippen MR) is 182 cm³/mol. The minimum atomic E-state index is -3.46. The van der Waals surface area contributed by atoms with Gasteiger partial charge in [0.25, 0.3) is 5.56 Å². The number of ether oxygens (including phenoxy) is 1. The number of rotatable bonds is 8. The zero-order chi connectivity index (χ0) is 31.7. The number of nitrogens with zero attached hydrogens (tertiary/aromatic N) is 4. The molecule has 0 amide bonds. The normalized spacial score (nSPS) is 20.2. The van der Waals surface area contributed by atoms with E-state index in [1.54, 1.807) is 30.5 Å². The number of aromatic nitrogens is 3. The van der Waals surface area contributed by atoms with Gasteiger partial charge in [0.2, 0.25) is 5.95 Å². The van der Waals surface area contributed by atoms with Crippen LogP contribution in [0.4, 0.5) is 17.3 Å². The van der Waals surface area contributed by atoms with Crippen molar-refractivity contribution in [3.8, 4) is 11.1 Å². The third-order valence-electron chi connectivity index (χ3n) is 9.70. The van der Waals surface area contributed by atoms with Gasteiger partial charge >= 0.3 is 0 Å². The first-order chi connectivity index (χ1) is 22.3. The van der Waals surface area contributed by atoms with E-state index in [-0.39, 0.29) is 16.5 Å². The molecule has 2 aromatic carbocycles. The average molecular weight is 643 g/mol. The molecule has 4 aromatic rings. The number of sulfone groups is 1. The Balaban J connectivity index is 1.16. The summed E-state index contributed by atoms with van der Waals surface area (Å²) in [6, 6.07) is 17.2.